The molecular weight excluding hydrogens is 298 g/mol. The highest BCUT2D eigenvalue weighted by Gasteiger charge is 2.33. The molecule has 1 N–H and O–H groups in total. The molecule has 0 aromatic heterocycles. The van der Waals surface area contributed by atoms with E-state index in [1.54, 1.807) is 0 Å². The van der Waals surface area contributed by atoms with Gasteiger partial charge in [-0.3, -0.25) is 4.79 Å². The van der Waals surface area contributed by atoms with Crippen molar-refractivity contribution in [2.45, 2.75) is 38.6 Å². The van der Waals surface area contributed by atoms with E-state index in [0.29, 0.717) is 19.6 Å². The highest BCUT2D eigenvalue weighted by Crippen LogP contribution is 2.46. The number of carbonyl (C=O) groups excluding carboxylic acids is 1. The maximum Gasteiger partial charge on any atom is 0.220 e. The van der Waals surface area contributed by atoms with Crippen molar-refractivity contribution in [3.05, 3.63) is 65.7 Å². The lowest BCUT2D eigenvalue weighted by Gasteiger charge is -2.08. The van der Waals surface area contributed by atoms with Crippen LogP contribution in [-0.4, -0.2) is 12.5 Å². The van der Waals surface area contributed by atoms with Gasteiger partial charge in [-0.2, -0.15) is 0 Å². The first-order chi connectivity index (χ1) is 11.7. The van der Waals surface area contributed by atoms with Crippen molar-refractivity contribution in [1.29, 1.82) is 0 Å². The lowest BCUT2D eigenvalue weighted by atomic mass is 10.1. The second kappa shape index (κ2) is 8.00. The predicted octanol–water partition coefficient (Wildman–Crippen LogP) is 4.29. The number of benzene rings is 2. The molecule has 3 heteroatoms. The number of nitrogens with one attached hydrogen (secondary N) is 1. The first-order valence-corrected chi connectivity index (χ1v) is 8.76. The molecule has 0 radical (unpaired) electrons. The van der Waals surface area contributed by atoms with Crippen LogP contribution in [0.15, 0.2) is 54.6 Å². The summed E-state index contributed by atoms with van der Waals surface area (Å²) in [5, 5.41) is 2.93. The number of ether oxygens (including phenoxy) is 1. The summed E-state index contributed by atoms with van der Waals surface area (Å²) in [4.78, 5) is 11.8. The molecule has 3 nitrogen and oxygen atoms in total. The smallest absolute Gasteiger partial charge is 0.220 e. The fourth-order valence-corrected chi connectivity index (χ4v) is 2.91. The molecule has 1 aliphatic rings. The molecule has 0 aliphatic heterocycles. The minimum Gasteiger partial charge on any atom is -0.494 e. The van der Waals surface area contributed by atoms with E-state index in [2.05, 4.69) is 24.4 Å². The van der Waals surface area contributed by atoms with E-state index in [0.717, 1.165) is 29.6 Å². The van der Waals surface area contributed by atoms with E-state index in [4.69, 9.17) is 4.74 Å². The van der Waals surface area contributed by atoms with Crippen LogP contribution in [0, 0.1) is 5.92 Å². The average molecular weight is 323 g/mol. The SMILES string of the molecule is CC1CC1c1ccc(OCCCC(=O)NCc2ccccc2)cc1. The summed E-state index contributed by atoms with van der Waals surface area (Å²) in [6.07, 6.45) is 2.52. The second-order valence-corrected chi connectivity index (χ2v) is 6.60. The summed E-state index contributed by atoms with van der Waals surface area (Å²) < 4.78 is 5.72. The minimum absolute atomic E-state index is 0.0699. The van der Waals surface area contributed by atoms with Gasteiger partial charge in [0.2, 0.25) is 5.91 Å². The first-order valence-electron chi connectivity index (χ1n) is 8.76. The van der Waals surface area contributed by atoms with Crippen LogP contribution < -0.4 is 10.1 Å². The monoisotopic (exact) mass is 323 g/mol. The highest BCUT2D eigenvalue weighted by atomic mass is 16.5. The Bertz CT molecular complexity index is 651. The van der Waals surface area contributed by atoms with E-state index in [1.165, 1.54) is 12.0 Å². The highest BCUT2D eigenvalue weighted by molar-refractivity contribution is 5.75. The van der Waals surface area contributed by atoms with Crippen molar-refractivity contribution in [2.24, 2.45) is 5.92 Å². The Morgan fingerprint density at radius 2 is 1.83 bits per heavy atom. The van der Waals surface area contributed by atoms with Gasteiger partial charge in [0.15, 0.2) is 0 Å². The van der Waals surface area contributed by atoms with Crippen molar-refractivity contribution in [3.8, 4) is 5.75 Å². The van der Waals surface area contributed by atoms with Gasteiger partial charge in [-0.05, 0) is 47.9 Å². The van der Waals surface area contributed by atoms with Gasteiger partial charge in [0.25, 0.3) is 0 Å². The predicted molar refractivity (Wildman–Crippen MR) is 96.0 cm³/mol. The van der Waals surface area contributed by atoms with Crippen LogP contribution in [0.5, 0.6) is 5.75 Å². The molecule has 2 aromatic rings. The van der Waals surface area contributed by atoms with Crippen molar-refractivity contribution in [2.75, 3.05) is 6.61 Å². The van der Waals surface area contributed by atoms with Crippen LogP contribution in [-0.2, 0) is 11.3 Å². The molecular formula is C21H25NO2. The number of rotatable bonds is 8. The lowest BCUT2D eigenvalue weighted by molar-refractivity contribution is -0.121. The Morgan fingerprint density at radius 1 is 1.12 bits per heavy atom. The second-order valence-electron chi connectivity index (χ2n) is 6.60. The van der Waals surface area contributed by atoms with Crippen molar-refractivity contribution in [3.63, 3.8) is 0 Å². The number of hydrogen-bond acceptors (Lipinski definition) is 2. The number of hydrogen-bond donors (Lipinski definition) is 1. The van der Waals surface area contributed by atoms with Crippen LogP contribution in [0.2, 0.25) is 0 Å². The van der Waals surface area contributed by atoms with Gasteiger partial charge in [-0.15, -0.1) is 0 Å². The lowest BCUT2D eigenvalue weighted by Crippen LogP contribution is -2.22. The molecule has 3 rings (SSSR count). The largest absolute Gasteiger partial charge is 0.494 e. The van der Waals surface area contributed by atoms with Gasteiger partial charge in [0.05, 0.1) is 6.61 Å². The van der Waals surface area contributed by atoms with E-state index >= 15 is 0 Å². The Labute approximate surface area is 144 Å². The maximum atomic E-state index is 11.8. The summed E-state index contributed by atoms with van der Waals surface area (Å²) in [6, 6.07) is 18.3. The number of amides is 1. The molecule has 0 heterocycles. The van der Waals surface area contributed by atoms with Gasteiger partial charge in [0, 0.05) is 13.0 Å². The van der Waals surface area contributed by atoms with Crippen LogP contribution in [0.25, 0.3) is 0 Å². The third-order valence-electron chi connectivity index (χ3n) is 4.57. The maximum absolute atomic E-state index is 11.8. The minimum atomic E-state index is 0.0699. The zero-order valence-electron chi connectivity index (χ0n) is 14.2. The van der Waals surface area contributed by atoms with Crippen LogP contribution in [0.1, 0.15) is 43.2 Å². The summed E-state index contributed by atoms with van der Waals surface area (Å²) in [7, 11) is 0. The summed E-state index contributed by atoms with van der Waals surface area (Å²) in [6.45, 7) is 3.44. The molecule has 126 valence electrons. The fourth-order valence-electron chi connectivity index (χ4n) is 2.91. The fraction of sp³-hybridized carbons (Fsp3) is 0.381. The molecule has 1 amide bonds. The Balaban J connectivity index is 1.31. The van der Waals surface area contributed by atoms with Crippen LogP contribution >= 0.6 is 0 Å². The third kappa shape index (κ3) is 4.85. The van der Waals surface area contributed by atoms with Crippen molar-refractivity contribution < 1.29 is 9.53 Å². The van der Waals surface area contributed by atoms with Gasteiger partial charge in [-0.25, -0.2) is 0 Å². The normalized spacial score (nSPS) is 18.9. The summed E-state index contributed by atoms with van der Waals surface area (Å²) >= 11 is 0. The first kappa shape index (κ1) is 16.6. The molecule has 1 aliphatic carbocycles. The van der Waals surface area contributed by atoms with Gasteiger partial charge < -0.3 is 10.1 Å². The van der Waals surface area contributed by atoms with Crippen LogP contribution in [0.4, 0.5) is 0 Å². The van der Waals surface area contributed by atoms with Crippen molar-refractivity contribution in [1.82, 2.24) is 5.32 Å². The quantitative estimate of drug-likeness (QED) is 0.736. The van der Waals surface area contributed by atoms with Gasteiger partial charge in [-0.1, -0.05) is 49.4 Å². The Hall–Kier alpha value is -2.29. The zero-order chi connectivity index (χ0) is 16.8. The third-order valence-corrected chi connectivity index (χ3v) is 4.57. The molecule has 24 heavy (non-hydrogen) atoms. The number of carbonyl (C=O) groups is 1. The molecule has 0 saturated heterocycles. The molecule has 0 spiro atoms. The van der Waals surface area contributed by atoms with Crippen molar-refractivity contribution >= 4 is 5.91 Å². The molecule has 1 fully saturated rings. The van der Waals surface area contributed by atoms with E-state index in [1.807, 2.05) is 42.5 Å². The Morgan fingerprint density at radius 3 is 2.50 bits per heavy atom. The summed E-state index contributed by atoms with van der Waals surface area (Å²) in [5.74, 6) is 2.52. The van der Waals surface area contributed by atoms with E-state index in [-0.39, 0.29) is 5.91 Å². The summed E-state index contributed by atoms with van der Waals surface area (Å²) in [5.41, 5.74) is 2.53. The molecule has 2 atom stereocenters. The standard InChI is InChI=1S/C21H25NO2/c1-16-14-20(16)18-9-11-19(12-10-18)24-13-5-8-21(23)22-15-17-6-3-2-4-7-17/h2-4,6-7,9-12,16,20H,5,8,13-15H2,1H3,(H,22,23). The topological polar surface area (TPSA) is 38.3 Å². The van der Waals surface area contributed by atoms with Gasteiger partial charge >= 0.3 is 0 Å². The van der Waals surface area contributed by atoms with Gasteiger partial charge in [0.1, 0.15) is 5.75 Å². The molecule has 2 unspecified atom stereocenters. The average Bonchev–Trinajstić information content (AvgIpc) is 3.35. The van der Waals surface area contributed by atoms with E-state index in [9.17, 15) is 4.79 Å². The Kier molecular flexibility index (Phi) is 5.52. The van der Waals surface area contributed by atoms with E-state index < -0.39 is 0 Å². The molecule has 0 bridgehead atoms. The van der Waals surface area contributed by atoms with Crippen LogP contribution in [0.3, 0.4) is 0 Å². The molecule has 2 aromatic carbocycles. The molecule has 1 saturated carbocycles. The zero-order valence-corrected chi connectivity index (χ0v) is 14.2.